The molecule has 0 aliphatic heterocycles. The van der Waals surface area contributed by atoms with Crippen molar-refractivity contribution in [1.82, 2.24) is 0 Å². The number of benzene rings is 2. The monoisotopic (exact) mass is 435 g/mol. The van der Waals surface area contributed by atoms with E-state index in [1.807, 2.05) is 25.1 Å². The van der Waals surface area contributed by atoms with E-state index in [1.165, 1.54) is 24.3 Å². The Morgan fingerprint density at radius 1 is 1.17 bits per heavy atom. The zero-order chi connectivity index (χ0) is 22.1. The summed E-state index contributed by atoms with van der Waals surface area (Å²) in [5, 5.41) is 13.3. The van der Waals surface area contributed by atoms with E-state index in [0.29, 0.717) is 5.69 Å². The topological polar surface area (TPSA) is 111 Å². The number of hydrogen-bond acceptors (Lipinski definition) is 7. The standard InChI is InChI=1S/C20H25N3O6S/c1-4-22(5-2)17-8-11-19(15(3)14-17)21-20(24)28-12-13-30(27)29-18-9-6-16(7-10-18)23(25)26/h6-11,14H,4-5,12-13H2,1-3H3,(H,21,24). The number of anilines is 2. The lowest BCUT2D eigenvalue weighted by Crippen LogP contribution is -2.22. The Hall–Kier alpha value is -3.14. The van der Waals surface area contributed by atoms with Crippen LogP contribution in [0, 0.1) is 17.0 Å². The molecular weight excluding hydrogens is 410 g/mol. The minimum atomic E-state index is -1.75. The molecule has 0 saturated heterocycles. The lowest BCUT2D eigenvalue weighted by Gasteiger charge is -2.22. The number of ether oxygens (including phenoxy) is 1. The van der Waals surface area contributed by atoms with Gasteiger partial charge in [-0.25, -0.2) is 9.00 Å². The van der Waals surface area contributed by atoms with Crippen LogP contribution in [-0.2, 0) is 15.8 Å². The molecule has 2 aromatic rings. The number of nitro benzene ring substituents is 1. The minimum Gasteiger partial charge on any atom is -0.448 e. The maximum absolute atomic E-state index is 12.0. The Bertz CT molecular complexity index is 900. The van der Waals surface area contributed by atoms with Gasteiger partial charge in [-0.2, -0.15) is 0 Å². The molecule has 0 fully saturated rings. The molecule has 1 N–H and O–H groups in total. The predicted molar refractivity (Wildman–Crippen MR) is 116 cm³/mol. The highest BCUT2D eigenvalue weighted by Crippen LogP contribution is 2.23. The highest BCUT2D eigenvalue weighted by atomic mass is 32.2. The van der Waals surface area contributed by atoms with Crippen molar-refractivity contribution in [3.63, 3.8) is 0 Å². The molecule has 0 radical (unpaired) electrons. The molecule has 162 valence electrons. The normalized spacial score (nSPS) is 11.4. The van der Waals surface area contributed by atoms with E-state index in [4.69, 9.17) is 8.92 Å². The first-order chi connectivity index (χ1) is 14.3. The van der Waals surface area contributed by atoms with Crippen molar-refractivity contribution in [2.75, 3.05) is 35.7 Å². The Kier molecular flexibility index (Phi) is 8.60. The Labute approximate surface area is 177 Å². The van der Waals surface area contributed by atoms with E-state index < -0.39 is 22.1 Å². The van der Waals surface area contributed by atoms with E-state index in [2.05, 4.69) is 24.1 Å². The van der Waals surface area contributed by atoms with Gasteiger partial charge >= 0.3 is 6.09 Å². The first-order valence-electron chi connectivity index (χ1n) is 9.44. The first-order valence-corrected chi connectivity index (χ1v) is 10.7. The van der Waals surface area contributed by atoms with Crippen LogP contribution in [0.25, 0.3) is 0 Å². The molecule has 0 bridgehead atoms. The molecule has 30 heavy (non-hydrogen) atoms. The SMILES string of the molecule is CCN(CC)c1ccc(NC(=O)OCCS(=O)Oc2ccc([N+](=O)[O-])cc2)c(C)c1. The average Bonchev–Trinajstić information content (AvgIpc) is 2.71. The van der Waals surface area contributed by atoms with Gasteiger partial charge in [0.2, 0.25) is 11.1 Å². The molecule has 1 amide bonds. The third-order valence-corrected chi connectivity index (χ3v) is 5.17. The number of nitro groups is 1. The minimum absolute atomic E-state index is 0.0374. The van der Waals surface area contributed by atoms with Crippen molar-refractivity contribution in [2.24, 2.45) is 0 Å². The fourth-order valence-corrected chi connectivity index (χ4v) is 3.32. The van der Waals surface area contributed by atoms with Crippen molar-refractivity contribution >= 4 is 34.2 Å². The summed E-state index contributed by atoms with van der Waals surface area (Å²) in [4.78, 5) is 24.3. The number of rotatable bonds is 10. The van der Waals surface area contributed by atoms with Crippen LogP contribution in [0.5, 0.6) is 5.75 Å². The molecule has 0 saturated carbocycles. The molecule has 0 aliphatic rings. The van der Waals surface area contributed by atoms with Crippen LogP contribution in [0.1, 0.15) is 19.4 Å². The van der Waals surface area contributed by atoms with Crippen LogP contribution in [-0.4, -0.2) is 40.7 Å². The van der Waals surface area contributed by atoms with Gasteiger partial charge in [-0.15, -0.1) is 0 Å². The van der Waals surface area contributed by atoms with Crippen molar-refractivity contribution in [1.29, 1.82) is 0 Å². The predicted octanol–water partition coefficient (Wildman–Crippen LogP) is 4.04. The number of amides is 1. The summed E-state index contributed by atoms with van der Waals surface area (Å²) in [6.07, 6.45) is -0.652. The fraction of sp³-hybridized carbons (Fsp3) is 0.350. The maximum atomic E-state index is 12.0. The van der Waals surface area contributed by atoms with Crippen molar-refractivity contribution in [3.8, 4) is 5.75 Å². The molecule has 1 unspecified atom stereocenters. The largest absolute Gasteiger partial charge is 0.448 e. The third-order valence-electron chi connectivity index (χ3n) is 4.30. The molecule has 2 rings (SSSR count). The van der Waals surface area contributed by atoms with Crippen LogP contribution < -0.4 is 14.4 Å². The third kappa shape index (κ3) is 6.73. The van der Waals surface area contributed by atoms with Crippen molar-refractivity contribution in [2.45, 2.75) is 20.8 Å². The number of carbonyl (C=O) groups is 1. The van der Waals surface area contributed by atoms with Crippen LogP contribution in [0.4, 0.5) is 21.9 Å². The van der Waals surface area contributed by atoms with Crippen LogP contribution in [0.2, 0.25) is 0 Å². The lowest BCUT2D eigenvalue weighted by atomic mass is 10.1. The summed E-state index contributed by atoms with van der Waals surface area (Å²) in [7, 11) is 0. The molecule has 1 atom stereocenters. The summed E-state index contributed by atoms with van der Waals surface area (Å²) in [6.45, 7) is 7.74. The Morgan fingerprint density at radius 2 is 1.83 bits per heavy atom. The first kappa shape index (κ1) is 23.1. The number of nitrogens with zero attached hydrogens (tertiary/aromatic N) is 2. The van der Waals surface area contributed by atoms with Gasteiger partial charge in [0.05, 0.1) is 10.7 Å². The van der Waals surface area contributed by atoms with Crippen LogP contribution in [0.3, 0.4) is 0 Å². The quantitative estimate of drug-likeness (QED) is 0.443. The molecule has 0 aromatic heterocycles. The van der Waals surface area contributed by atoms with Gasteiger partial charge in [-0.05, 0) is 56.7 Å². The second-order valence-electron chi connectivity index (χ2n) is 6.27. The molecule has 10 heteroatoms. The van der Waals surface area contributed by atoms with E-state index in [1.54, 1.807) is 0 Å². The molecule has 0 aliphatic carbocycles. The van der Waals surface area contributed by atoms with E-state index >= 15 is 0 Å². The van der Waals surface area contributed by atoms with Gasteiger partial charge in [-0.1, -0.05) is 0 Å². The smallest absolute Gasteiger partial charge is 0.411 e. The van der Waals surface area contributed by atoms with Gasteiger partial charge in [-0.3, -0.25) is 15.4 Å². The maximum Gasteiger partial charge on any atom is 0.411 e. The number of carbonyl (C=O) groups excluding carboxylic acids is 1. The van der Waals surface area contributed by atoms with Crippen molar-refractivity contribution in [3.05, 3.63) is 58.1 Å². The second kappa shape index (κ2) is 11.1. The average molecular weight is 436 g/mol. The van der Waals surface area contributed by atoms with Crippen LogP contribution >= 0.6 is 0 Å². The molecule has 0 heterocycles. The van der Waals surface area contributed by atoms with Gasteiger partial charge < -0.3 is 13.8 Å². The summed E-state index contributed by atoms with van der Waals surface area (Å²) in [5.41, 5.74) is 2.53. The summed E-state index contributed by atoms with van der Waals surface area (Å²) >= 11 is -1.75. The highest BCUT2D eigenvalue weighted by Gasteiger charge is 2.11. The number of nitrogens with one attached hydrogen (secondary N) is 1. The number of aryl methyl sites for hydroxylation is 1. The van der Waals surface area contributed by atoms with Gasteiger partial charge in [0.15, 0.2) is 0 Å². The molecular formula is C20H25N3O6S. The second-order valence-corrected chi connectivity index (χ2v) is 7.46. The number of non-ortho nitro benzene ring substituents is 1. The highest BCUT2D eigenvalue weighted by molar-refractivity contribution is 7.80. The van der Waals surface area contributed by atoms with Gasteiger partial charge in [0.1, 0.15) is 12.4 Å². The summed E-state index contributed by atoms with van der Waals surface area (Å²) in [5.74, 6) is 0.192. The Balaban J connectivity index is 1.79. The van der Waals surface area contributed by atoms with E-state index in [-0.39, 0.29) is 23.8 Å². The summed E-state index contributed by atoms with van der Waals surface area (Å²) in [6, 6.07) is 11.0. The van der Waals surface area contributed by atoms with Crippen LogP contribution in [0.15, 0.2) is 42.5 Å². The molecule has 0 spiro atoms. The van der Waals surface area contributed by atoms with Gasteiger partial charge in [0.25, 0.3) is 5.69 Å². The lowest BCUT2D eigenvalue weighted by molar-refractivity contribution is -0.384. The molecule has 2 aromatic carbocycles. The summed E-state index contributed by atoms with van der Waals surface area (Å²) < 4.78 is 22.1. The number of hydrogen-bond donors (Lipinski definition) is 1. The Morgan fingerprint density at radius 3 is 2.40 bits per heavy atom. The molecule has 9 nitrogen and oxygen atoms in total. The fourth-order valence-electron chi connectivity index (χ4n) is 2.69. The van der Waals surface area contributed by atoms with E-state index in [9.17, 15) is 19.1 Å². The zero-order valence-corrected chi connectivity index (χ0v) is 17.9. The van der Waals surface area contributed by atoms with Gasteiger partial charge in [0, 0.05) is 36.6 Å². The zero-order valence-electron chi connectivity index (χ0n) is 17.1. The van der Waals surface area contributed by atoms with Crippen molar-refractivity contribution < 1.29 is 22.8 Å². The van der Waals surface area contributed by atoms with E-state index in [0.717, 1.165) is 24.3 Å².